The van der Waals surface area contributed by atoms with Crippen LogP contribution in [-0.2, 0) is 10.1 Å². The third kappa shape index (κ3) is 4.18. The minimum Gasteiger partial charge on any atom is -0.744 e. The van der Waals surface area contributed by atoms with Crippen LogP contribution in [0.4, 0.5) is 11.4 Å². The molecule has 3 N–H and O–H groups in total. The number of azo groups is 1. The monoisotopic (exact) mass is 332 g/mol. The van der Waals surface area contributed by atoms with E-state index in [1.165, 1.54) is 12.1 Å². The molecule has 0 aliphatic heterocycles. The van der Waals surface area contributed by atoms with Crippen LogP contribution in [0.3, 0.4) is 0 Å². The summed E-state index contributed by atoms with van der Waals surface area (Å²) in [6, 6.07) is 7.30. The van der Waals surface area contributed by atoms with Crippen molar-refractivity contribution in [2.75, 3.05) is 0 Å². The van der Waals surface area contributed by atoms with E-state index in [1.54, 1.807) is 12.1 Å². The molecule has 0 radical (unpaired) electrons. The molecule has 0 atom stereocenters. The molecule has 0 spiro atoms. The molecule has 10 heteroatoms. The second-order valence-corrected chi connectivity index (χ2v) is 5.30. The van der Waals surface area contributed by atoms with Gasteiger partial charge in [-0.1, -0.05) is 12.1 Å². The van der Waals surface area contributed by atoms with Crippen molar-refractivity contribution in [1.29, 1.82) is 0 Å². The van der Waals surface area contributed by atoms with Crippen LogP contribution < -0.4 is 29.6 Å². The minimum atomic E-state index is -4.93. The molecule has 0 aromatic heterocycles. The van der Waals surface area contributed by atoms with Crippen molar-refractivity contribution in [1.82, 2.24) is 0 Å². The number of phenols is 3. The van der Waals surface area contributed by atoms with Gasteiger partial charge in [-0.3, -0.25) is 0 Å². The molecule has 0 aliphatic rings. The molecular weight excluding hydrogens is 323 g/mol. The van der Waals surface area contributed by atoms with Gasteiger partial charge in [0.1, 0.15) is 38.7 Å². The average Bonchev–Trinajstić information content (AvgIpc) is 2.38. The first-order chi connectivity index (χ1) is 9.79. The van der Waals surface area contributed by atoms with Crippen molar-refractivity contribution >= 4 is 21.5 Å². The van der Waals surface area contributed by atoms with E-state index in [0.717, 1.165) is 0 Å². The molecule has 0 aliphatic carbocycles. The summed E-state index contributed by atoms with van der Waals surface area (Å²) >= 11 is 0. The molecule has 0 saturated heterocycles. The summed E-state index contributed by atoms with van der Waals surface area (Å²) in [6.07, 6.45) is 0. The van der Waals surface area contributed by atoms with E-state index in [0.29, 0.717) is 12.1 Å². The fourth-order valence-corrected chi connectivity index (χ4v) is 2.05. The van der Waals surface area contributed by atoms with E-state index < -0.39 is 26.5 Å². The van der Waals surface area contributed by atoms with Gasteiger partial charge in [-0.25, -0.2) is 8.42 Å². The van der Waals surface area contributed by atoms with Gasteiger partial charge in [0, 0.05) is 6.07 Å². The first-order valence-corrected chi connectivity index (χ1v) is 6.91. The summed E-state index contributed by atoms with van der Waals surface area (Å²) in [4.78, 5) is -0.925. The molecule has 0 amide bonds. The largest absolute Gasteiger partial charge is 1.00 e. The van der Waals surface area contributed by atoms with E-state index in [-0.39, 0.29) is 46.7 Å². The van der Waals surface area contributed by atoms with Crippen LogP contribution in [0.15, 0.2) is 51.5 Å². The Morgan fingerprint density at radius 2 is 1.45 bits per heavy atom. The van der Waals surface area contributed by atoms with Gasteiger partial charge < -0.3 is 19.9 Å². The molecule has 0 fully saturated rings. The predicted octanol–water partition coefficient (Wildman–Crippen LogP) is -0.873. The van der Waals surface area contributed by atoms with Crippen LogP contribution in [-0.4, -0.2) is 28.3 Å². The number of hydrogen-bond acceptors (Lipinski definition) is 8. The summed E-state index contributed by atoms with van der Waals surface area (Å²) < 4.78 is 32.8. The third-order valence-corrected chi connectivity index (χ3v) is 3.34. The number of aromatic hydroxyl groups is 3. The zero-order chi connectivity index (χ0) is 15.6. The number of benzene rings is 2. The van der Waals surface area contributed by atoms with Crippen LogP contribution in [0.5, 0.6) is 17.2 Å². The zero-order valence-electron chi connectivity index (χ0n) is 11.3. The van der Waals surface area contributed by atoms with Gasteiger partial charge in [0.05, 0.1) is 4.90 Å². The smallest absolute Gasteiger partial charge is 0.744 e. The third-order valence-electron chi connectivity index (χ3n) is 2.47. The Morgan fingerprint density at radius 1 is 0.864 bits per heavy atom. The molecule has 110 valence electrons. The Morgan fingerprint density at radius 3 is 2.05 bits per heavy atom. The Hall–Kier alpha value is -1.65. The first kappa shape index (κ1) is 18.4. The summed E-state index contributed by atoms with van der Waals surface area (Å²) in [5.74, 6) is -1.63. The van der Waals surface area contributed by atoms with E-state index in [2.05, 4.69) is 10.2 Å². The number of rotatable bonds is 3. The van der Waals surface area contributed by atoms with Crippen molar-refractivity contribution in [3.63, 3.8) is 0 Å². The first-order valence-electron chi connectivity index (χ1n) is 5.50. The van der Waals surface area contributed by atoms with Crippen LogP contribution in [0.1, 0.15) is 0 Å². The Kier molecular flexibility index (Phi) is 5.92. The normalized spacial score (nSPS) is 11.3. The van der Waals surface area contributed by atoms with Crippen molar-refractivity contribution < 1.29 is 57.8 Å². The molecule has 0 bridgehead atoms. The summed E-state index contributed by atoms with van der Waals surface area (Å²) in [5, 5.41) is 35.5. The van der Waals surface area contributed by atoms with Crippen LogP contribution in [0.25, 0.3) is 0 Å². The quantitative estimate of drug-likeness (QED) is 0.379. The van der Waals surface area contributed by atoms with E-state index in [4.69, 9.17) is 0 Å². The standard InChI is InChI=1S/C12H10N2O6S.Na/c15-9-4-2-1-3-7(9)13-14-8-5-12(21(18,19)20)11(17)6-10(8)16;/h1-6,15-17H,(H,18,19,20);/q;+1/p-1. The van der Waals surface area contributed by atoms with Crippen LogP contribution >= 0.6 is 0 Å². The number of nitrogens with zero attached hydrogens (tertiary/aromatic N) is 2. The maximum Gasteiger partial charge on any atom is 1.00 e. The van der Waals surface area contributed by atoms with Gasteiger partial charge in [0.2, 0.25) is 0 Å². The topological polar surface area (TPSA) is 143 Å². The zero-order valence-corrected chi connectivity index (χ0v) is 14.1. The number of para-hydroxylation sites is 1. The molecule has 22 heavy (non-hydrogen) atoms. The Bertz CT molecular complexity index is 822. The molecule has 8 nitrogen and oxygen atoms in total. The van der Waals surface area contributed by atoms with Gasteiger partial charge in [-0.15, -0.1) is 10.2 Å². The van der Waals surface area contributed by atoms with Gasteiger partial charge in [0.25, 0.3) is 0 Å². The molecule has 0 unspecified atom stereocenters. The fraction of sp³-hybridized carbons (Fsp3) is 0. The fourth-order valence-electron chi connectivity index (χ4n) is 1.48. The summed E-state index contributed by atoms with van der Waals surface area (Å²) in [6.45, 7) is 0. The van der Waals surface area contributed by atoms with E-state index in [1.807, 2.05) is 0 Å². The SMILES string of the molecule is O=S(=O)([O-])c1cc(N=Nc2ccccc2O)c(O)cc1O.[Na+]. The van der Waals surface area contributed by atoms with Gasteiger partial charge in [0.15, 0.2) is 0 Å². The molecule has 0 heterocycles. The van der Waals surface area contributed by atoms with Crippen LogP contribution in [0, 0.1) is 0 Å². The summed E-state index contributed by atoms with van der Waals surface area (Å²) in [7, 11) is -4.93. The molecular formula is C12H9N2NaO6S. The van der Waals surface area contributed by atoms with E-state index >= 15 is 0 Å². The van der Waals surface area contributed by atoms with Crippen molar-refractivity contribution in [3.8, 4) is 17.2 Å². The van der Waals surface area contributed by atoms with Crippen molar-refractivity contribution in [2.45, 2.75) is 4.90 Å². The maximum absolute atomic E-state index is 10.9. The second-order valence-electron chi connectivity index (χ2n) is 3.95. The van der Waals surface area contributed by atoms with Crippen molar-refractivity contribution in [3.05, 3.63) is 36.4 Å². The number of phenolic OH excluding ortho intramolecular Hbond substituents is 3. The van der Waals surface area contributed by atoms with E-state index in [9.17, 15) is 28.3 Å². The Balaban J connectivity index is 0.00000242. The van der Waals surface area contributed by atoms with Crippen LogP contribution in [0.2, 0.25) is 0 Å². The number of hydrogen-bond donors (Lipinski definition) is 3. The van der Waals surface area contributed by atoms with Crippen molar-refractivity contribution in [2.24, 2.45) is 10.2 Å². The minimum absolute atomic E-state index is 0. The molecule has 2 rings (SSSR count). The predicted molar refractivity (Wildman–Crippen MR) is 70.0 cm³/mol. The van der Waals surface area contributed by atoms with Gasteiger partial charge >= 0.3 is 29.6 Å². The average molecular weight is 332 g/mol. The Labute approximate surface area is 147 Å². The maximum atomic E-state index is 10.9. The molecule has 2 aromatic rings. The molecule has 2 aromatic carbocycles. The summed E-state index contributed by atoms with van der Waals surface area (Å²) in [5.41, 5.74) is -0.262. The molecule has 0 saturated carbocycles. The van der Waals surface area contributed by atoms with Gasteiger partial charge in [-0.05, 0) is 18.2 Å². The second kappa shape index (κ2) is 7.07. The van der Waals surface area contributed by atoms with Gasteiger partial charge in [-0.2, -0.15) is 0 Å².